The third-order valence-electron chi connectivity index (χ3n) is 1.68. The van der Waals surface area contributed by atoms with Gasteiger partial charge in [-0.3, -0.25) is 0 Å². The average Bonchev–Trinajstić information content (AvgIpc) is 2.00. The van der Waals surface area contributed by atoms with E-state index in [4.69, 9.17) is 0 Å². The van der Waals surface area contributed by atoms with Gasteiger partial charge in [-0.15, -0.1) is 3.89 Å². The lowest BCUT2D eigenvalue weighted by Crippen LogP contribution is -2.26. The lowest BCUT2D eigenvalue weighted by atomic mass is 10.1. The molecule has 15 heavy (non-hydrogen) atoms. The van der Waals surface area contributed by atoms with Gasteiger partial charge in [-0.25, -0.2) is 0 Å². The van der Waals surface area contributed by atoms with Crippen LogP contribution in [0.15, 0.2) is 30.3 Å². The van der Waals surface area contributed by atoms with Crippen molar-refractivity contribution < 1.29 is 25.5 Å². The summed E-state index contributed by atoms with van der Waals surface area (Å²) >= 11 is 0. The van der Waals surface area contributed by atoms with Crippen LogP contribution in [0.1, 0.15) is 10.8 Å². The van der Waals surface area contributed by atoms with Crippen LogP contribution in [0, 0.1) is 0 Å². The fraction of sp³-hybridized carbons (Fsp3) is 0.250. The molecule has 0 radical (unpaired) electrons. The fourth-order valence-electron chi connectivity index (χ4n) is 1.14. The molecule has 0 saturated heterocycles. The van der Waals surface area contributed by atoms with Crippen molar-refractivity contribution in [3.05, 3.63) is 35.9 Å². The largest absolute Gasteiger partial charge is 0.412 e. The molecule has 0 heterocycles. The minimum Gasteiger partial charge on any atom is -0.194 e. The standard InChI is InChI=1S/C8H6F4O2S/c9-8(10,11)7(15(12,13)14)6-4-2-1-3-5-6/h1-5,7H. The zero-order valence-corrected chi connectivity index (χ0v) is 8.02. The van der Waals surface area contributed by atoms with Crippen LogP contribution in [-0.4, -0.2) is 14.6 Å². The molecule has 0 aromatic heterocycles. The molecule has 1 rings (SSSR count). The molecule has 1 atom stereocenters. The number of halogens is 4. The van der Waals surface area contributed by atoms with Crippen LogP contribution in [-0.2, 0) is 10.2 Å². The highest BCUT2D eigenvalue weighted by Gasteiger charge is 2.50. The molecule has 84 valence electrons. The van der Waals surface area contributed by atoms with Gasteiger partial charge < -0.3 is 0 Å². The van der Waals surface area contributed by atoms with Crippen LogP contribution in [0.2, 0.25) is 0 Å². The van der Waals surface area contributed by atoms with E-state index in [1.54, 1.807) is 0 Å². The molecule has 0 bridgehead atoms. The first-order valence-electron chi connectivity index (χ1n) is 3.78. The Hall–Kier alpha value is -1.11. The van der Waals surface area contributed by atoms with Gasteiger partial charge in [0.1, 0.15) is 0 Å². The Labute approximate surface area is 83.7 Å². The molecule has 1 aromatic carbocycles. The monoisotopic (exact) mass is 242 g/mol. The summed E-state index contributed by atoms with van der Waals surface area (Å²) in [6, 6.07) is 5.64. The number of benzene rings is 1. The van der Waals surface area contributed by atoms with E-state index in [1.807, 2.05) is 0 Å². The third-order valence-corrected chi connectivity index (χ3v) is 2.78. The first-order valence-corrected chi connectivity index (χ1v) is 5.22. The van der Waals surface area contributed by atoms with Crippen molar-refractivity contribution in [3.8, 4) is 0 Å². The molecule has 0 saturated carbocycles. The van der Waals surface area contributed by atoms with Crippen LogP contribution >= 0.6 is 0 Å². The second kappa shape index (κ2) is 3.80. The predicted molar refractivity (Wildman–Crippen MR) is 45.3 cm³/mol. The van der Waals surface area contributed by atoms with E-state index >= 15 is 0 Å². The van der Waals surface area contributed by atoms with Crippen LogP contribution in [0.5, 0.6) is 0 Å². The second-order valence-electron chi connectivity index (χ2n) is 2.81. The van der Waals surface area contributed by atoms with Crippen molar-refractivity contribution in [2.75, 3.05) is 0 Å². The molecule has 0 N–H and O–H groups in total. The maximum Gasteiger partial charge on any atom is 0.412 e. The molecule has 0 aliphatic rings. The smallest absolute Gasteiger partial charge is 0.194 e. The van der Waals surface area contributed by atoms with E-state index in [1.165, 1.54) is 18.2 Å². The van der Waals surface area contributed by atoms with E-state index in [-0.39, 0.29) is 0 Å². The summed E-state index contributed by atoms with van der Waals surface area (Å²) in [4.78, 5) is 0. The Morgan fingerprint density at radius 3 is 1.87 bits per heavy atom. The van der Waals surface area contributed by atoms with Gasteiger partial charge in [-0.2, -0.15) is 21.6 Å². The van der Waals surface area contributed by atoms with Crippen molar-refractivity contribution >= 4 is 10.2 Å². The van der Waals surface area contributed by atoms with Gasteiger partial charge in [0, 0.05) is 0 Å². The summed E-state index contributed by atoms with van der Waals surface area (Å²) in [7, 11) is -5.70. The summed E-state index contributed by atoms with van der Waals surface area (Å²) in [6.07, 6.45) is -5.16. The average molecular weight is 242 g/mol. The number of alkyl halides is 3. The van der Waals surface area contributed by atoms with E-state index in [9.17, 15) is 25.5 Å². The zero-order chi connectivity index (χ0) is 11.7. The topological polar surface area (TPSA) is 34.1 Å². The van der Waals surface area contributed by atoms with E-state index in [0.29, 0.717) is 0 Å². The molecule has 0 spiro atoms. The second-order valence-corrected chi connectivity index (χ2v) is 4.23. The first-order chi connectivity index (χ1) is 6.73. The van der Waals surface area contributed by atoms with E-state index in [0.717, 1.165) is 12.1 Å². The lowest BCUT2D eigenvalue weighted by Gasteiger charge is -2.16. The highest BCUT2D eigenvalue weighted by molar-refractivity contribution is 7.86. The van der Waals surface area contributed by atoms with Gasteiger partial charge in [0.15, 0.2) is 0 Å². The maximum atomic E-state index is 12.5. The SMILES string of the molecule is O=S(=O)(F)C(c1ccccc1)C(F)(F)F. The third kappa shape index (κ3) is 2.92. The minimum absolute atomic E-state index is 0.632. The van der Waals surface area contributed by atoms with Crippen molar-refractivity contribution in [3.63, 3.8) is 0 Å². The molecule has 0 amide bonds. The van der Waals surface area contributed by atoms with Gasteiger partial charge in [0.2, 0.25) is 5.25 Å². The summed E-state index contributed by atoms with van der Waals surface area (Å²) in [5.74, 6) is 0. The van der Waals surface area contributed by atoms with Gasteiger partial charge in [0.25, 0.3) is 0 Å². The number of rotatable bonds is 2. The Morgan fingerprint density at radius 2 is 1.53 bits per heavy atom. The van der Waals surface area contributed by atoms with E-state index < -0.39 is 27.2 Å². The number of hydrogen-bond donors (Lipinski definition) is 0. The molecule has 2 nitrogen and oxygen atoms in total. The molecule has 7 heteroatoms. The molecule has 1 aromatic rings. The molecule has 0 aliphatic carbocycles. The van der Waals surface area contributed by atoms with Crippen LogP contribution < -0.4 is 0 Å². The number of hydrogen-bond acceptors (Lipinski definition) is 2. The molecule has 0 fully saturated rings. The van der Waals surface area contributed by atoms with Gasteiger partial charge in [-0.05, 0) is 5.56 Å². The zero-order valence-electron chi connectivity index (χ0n) is 7.20. The Morgan fingerprint density at radius 1 is 1.07 bits per heavy atom. The normalized spacial score (nSPS) is 14.9. The maximum absolute atomic E-state index is 12.5. The van der Waals surface area contributed by atoms with Crippen molar-refractivity contribution in [2.24, 2.45) is 0 Å². The summed E-state index contributed by atoms with van der Waals surface area (Å²) < 4.78 is 70.1. The molecule has 1 unspecified atom stereocenters. The Balaban J connectivity index is 3.27. The van der Waals surface area contributed by atoms with E-state index in [2.05, 4.69) is 0 Å². The van der Waals surface area contributed by atoms with Crippen molar-refractivity contribution in [1.29, 1.82) is 0 Å². The molecule has 0 aliphatic heterocycles. The summed E-state index contributed by atoms with van der Waals surface area (Å²) in [6.45, 7) is 0. The van der Waals surface area contributed by atoms with Gasteiger partial charge in [-0.1, -0.05) is 30.3 Å². The summed E-state index contributed by atoms with van der Waals surface area (Å²) in [5.41, 5.74) is -0.632. The highest BCUT2D eigenvalue weighted by Crippen LogP contribution is 2.39. The Kier molecular flexibility index (Phi) is 3.03. The Bertz CT molecular complexity index is 424. The van der Waals surface area contributed by atoms with Crippen LogP contribution in [0.25, 0.3) is 0 Å². The van der Waals surface area contributed by atoms with Gasteiger partial charge in [0.05, 0.1) is 0 Å². The van der Waals surface area contributed by atoms with Crippen molar-refractivity contribution in [1.82, 2.24) is 0 Å². The molecular formula is C8H6F4O2S. The minimum atomic E-state index is -5.70. The molecular weight excluding hydrogens is 236 g/mol. The summed E-state index contributed by atoms with van der Waals surface area (Å²) in [5, 5.41) is -3.11. The highest BCUT2D eigenvalue weighted by atomic mass is 32.3. The van der Waals surface area contributed by atoms with Crippen molar-refractivity contribution in [2.45, 2.75) is 11.4 Å². The first kappa shape index (κ1) is 12.0. The predicted octanol–water partition coefficient (Wildman–Crippen LogP) is 2.59. The van der Waals surface area contributed by atoms with Gasteiger partial charge >= 0.3 is 16.4 Å². The van der Waals surface area contributed by atoms with Crippen LogP contribution in [0.3, 0.4) is 0 Å². The fourth-order valence-corrected chi connectivity index (χ4v) is 1.94. The quantitative estimate of drug-likeness (QED) is 0.590. The van der Waals surface area contributed by atoms with Crippen LogP contribution in [0.4, 0.5) is 17.1 Å². The lowest BCUT2D eigenvalue weighted by molar-refractivity contribution is -0.132.